The summed E-state index contributed by atoms with van der Waals surface area (Å²) in [6.07, 6.45) is -4.55. The lowest BCUT2D eigenvalue weighted by molar-refractivity contribution is -0.137. The van der Waals surface area contributed by atoms with Crippen LogP contribution >= 0.6 is 11.3 Å². The molecule has 1 amide bonds. The summed E-state index contributed by atoms with van der Waals surface area (Å²) in [6.45, 7) is 3.74. The molecule has 0 unspecified atom stereocenters. The van der Waals surface area contributed by atoms with Gasteiger partial charge in [0.25, 0.3) is 5.91 Å². The molecule has 0 saturated heterocycles. The summed E-state index contributed by atoms with van der Waals surface area (Å²) in [5.41, 5.74) is 0.524. The molecule has 0 bridgehead atoms. The van der Waals surface area contributed by atoms with Crippen LogP contribution in [0.4, 0.5) is 18.9 Å². The van der Waals surface area contributed by atoms with Crippen LogP contribution in [0, 0.1) is 6.92 Å². The van der Waals surface area contributed by atoms with Gasteiger partial charge in [0, 0.05) is 5.69 Å². The Morgan fingerprint density at radius 3 is 2.45 bits per heavy atom. The van der Waals surface area contributed by atoms with E-state index in [2.05, 4.69) is 10.3 Å². The second-order valence-corrected chi connectivity index (χ2v) is 5.34. The van der Waals surface area contributed by atoms with Gasteiger partial charge in [0.2, 0.25) is 0 Å². The van der Waals surface area contributed by atoms with Gasteiger partial charge in [-0.05, 0) is 38.1 Å². The number of halogens is 3. The van der Waals surface area contributed by atoms with Crippen molar-refractivity contribution in [2.75, 3.05) is 11.9 Å². The second-order valence-electron chi connectivity index (χ2n) is 4.34. The van der Waals surface area contributed by atoms with Crippen LogP contribution in [0.3, 0.4) is 0 Å². The zero-order valence-electron chi connectivity index (χ0n) is 11.8. The van der Waals surface area contributed by atoms with E-state index in [9.17, 15) is 18.0 Å². The maximum absolute atomic E-state index is 12.6. The second kappa shape index (κ2) is 6.35. The van der Waals surface area contributed by atoms with Crippen LogP contribution in [-0.2, 0) is 6.18 Å². The number of hydrogen-bond donors (Lipinski definition) is 1. The SMILES string of the molecule is CCOc1ccc(NC(=O)c2sc(C(F)(F)F)nc2C)cc1. The van der Waals surface area contributed by atoms with Crippen molar-refractivity contribution in [3.63, 3.8) is 0 Å². The summed E-state index contributed by atoms with van der Waals surface area (Å²) in [5.74, 6) is 0.0310. The number of anilines is 1. The molecule has 0 atom stereocenters. The molecular weight excluding hydrogens is 317 g/mol. The van der Waals surface area contributed by atoms with E-state index in [4.69, 9.17) is 4.74 Å². The van der Waals surface area contributed by atoms with Gasteiger partial charge in [-0.3, -0.25) is 4.79 Å². The molecule has 2 rings (SSSR count). The molecule has 0 radical (unpaired) electrons. The molecule has 0 fully saturated rings. The van der Waals surface area contributed by atoms with Crippen LogP contribution in [0.1, 0.15) is 27.3 Å². The third kappa shape index (κ3) is 3.76. The van der Waals surface area contributed by atoms with Gasteiger partial charge in [0.05, 0.1) is 12.3 Å². The highest BCUT2D eigenvalue weighted by atomic mass is 32.1. The van der Waals surface area contributed by atoms with E-state index in [1.165, 1.54) is 6.92 Å². The van der Waals surface area contributed by atoms with E-state index >= 15 is 0 Å². The Bertz CT molecular complexity index is 666. The highest BCUT2D eigenvalue weighted by molar-refractivity contribution is 7.14. The fraction of sp³-hybridized carbons (Fsp3) is 0.286. The Kier molecular flexibility index (Phi) is 4.70. The number of ether oxygens (including phenoxy) is 1. The Morgan fingerprint density at radius 1 is 1.32 bits per heavy atom. The number of benzene rings is 1. The zero-order chi connectivity index (χ0) is 16.3. The van der Waals surface area contributed by atoms with E-state index < -0.39 is 17.1 Å². The van der Waals surface area contributed by atoms with Gasteiger partial charge in [-0.1, -0.05) is 0 Å². The quantitative estimate of drug-likeness (QED) is 0.917. The minimum Gasteiger partial charge on any atom is -0.494 e. The lowest BCUT2D eigenvalue weighted by atomic mass is 10.3. The molecule has 1 aromatic heterocycles. The normalized spacial score (nSPS) is 11.3. The summed E-state index contributed by atoms with van der Waals surface area (Å²) in [7, 11) is 0. The van der Waals surface area contributed by atoms with Crippen molar-refractivity contribution in [3.8, 4) is 5.75 Å². The van der Waals surface area contributed by atoms with Crippen molar-refractivity contribution in [2.24, 2.45) is 0 Å². The summed E-state index contributed by atoms with van der Waals surface area (Å²) < 4.78 is 43.0. The first kappa shape index (κ1) is 16.3. The summed E-state index contributed by atoms with van der Waals surface area (Å²) in [6, 6.07) is 6.56. The lowest BCUT2D eigenvalue weighted by Gasteiger charge is -2.06. The Morgan fingerprint density at radius 2 is 1.95 bits per heavy atom. The molecule has 0 aliphatic carbocycles. The lowest BCUT2D eigenvalue weighted by Crippen LogP contribution is -2.11. The van der Waals surface area contributed by atoms with Gasteiger partial charge in [0.15, 0.2) is 5.01 Å². The largest absolute Gasteiger partial charge is 0.494 e. The van der Waals surface area contributed by atoms with Crippen LogP contribution in [0.15, 0.2) is 24.3 Å². The highest BCUT2D eigenvalue weighted by Gasteiger charge is 2.36. The van der Waals surface area contributed by atoms with Crippen molar-refractivity contribution < 1.29 is 22.7 Å². The van der Waals surface area contributed by atoms with E-state index in [1.54, 1.807) is 24.3 Å². The molecule has 0 saturated carbocycles. The third-order valence-electron chi connectivity index (χ3n) is 2.67. The number of aryl methyl sites for hydroxylation is 1. The standard InChI is InChI=1S/C14H13F3N2O2S/c1-3-21-10-6-4-9(5-7-10)19-12(20)11-8(2)18-13(22-11)14(15,16)17/h4-7H,3H2,1-2H3,(H,19,20). The maximum Gasteiger partial charge on any atom is 0.443 e. The Labute approximate surface area is 128 Å². The van der Waals surface area contributed by atoms with Crippen molar-refractivity contribution in [3.05, 3.63) is 39.8 Å². The van der Waals surface area contributed by atoms with Crippen LogP contribution < -0.4 is 10.1 Å². The van der Waals surface area contributed by atoms with E-state index in [-0.39, 0.29) is 10.6 Å². The first-order valence-corrected chi connectivity index (χ1v) is 7.21. The average Bonchev–Trinajstić information content (AvgIpc) is 2.83. The number of alkyl halides is 3. The number of nitrogens with zero attached hydrogens (tertiary/aromatic N) is 1. The molecule has 1 heterocycles. The van der Waals surface area contributed by atoms with Gasteiger partial charge in [-0.15, -0.1) is 11.3 Å². The van der Waals surface area contributed by atoms with Gasteiger partial charge in [-0.25, -0.2) is 4.98 Å². The van der Waals surface area contributed by atoms with Crippen molar-refractivity contribution >= 4 is 22.9 Å². The predicted molar refractivity (Wildman–Crippen MR) is 77.4 cm³/mol. The van der Waals surface area contributed by atoms with Crippen molar-refractivity contribution in [1.82, 2.24) is 4.98 Å². The van der Waals surface area contributed by atoms with Gasteiger partial charge in [0.1, 0.15) is 10.6 Å². The van der Waals surface area contributed by atoms with E-state index in [1.807, 2.05) is 6.92 Å². The number of rotatable bonds is 4. The van der Waals surface area contributed by atoms with Crippen LogP contribution in [0.25, 0.3) is 0 Å². The molecule has 22 heavy (non-hydrogen) atoms. The molecule has 0 aliphatic rings. The Balaban J connectivity index is 2.13. The number of amides is 1. The fourth-order valence-corrected chi connectivity index (χ4v) is 2.55. The molecule has 1 aromatic carbocycles. The Hall–Kier alpha value is -2.09. The van der Waals surface area contributed by atoms with Crippen molar-refractivity contribution in [1.29, 1.82) is 0 Å². The molecule has 118 valence electrons. The minimum atomic E-state index is -4.55. The number of carbonyl (C=O) groups excluding carboxylic acids is 1. The fourth-order valence-electron chi connectivity index (χ4n) is 1.72. The summed E-state index contributed by atoms with van der Waals surface area (Å²) in [5, 5.41) is 1.52. The topological polar surface area (TPSA) is 51.2 Å². The molecule has 4 nitrogen and oxygen atoms in total. The molecule has 2 aromatic rings. The van der Waals surface area contributed by atoms with Gasteiger partial charge >= 0.3 is 6.18 Å². The number of hydrogen-bond acceptors (Lipinski definition) is 4. The zero-order valence-corrected chi connectivity index (χ0v) is 12.6. The predicted octanol–water partition coefficient (Wildman–Crippen LogP) is 4.12. The number of aromatic nitrogens is 1. The average molecular weight is 330 g/mol. The van der Waals surface area contributed by atoms with Crippen LogP contribution in [0.5, 0.6) is 5.75 Å². The van der Waals surface area contributed by atoms with Gasteiger partial charge < -0.3 is 10.1 Å². The van der Waals surface area contributed by atoms with Crippen LogP contribution in [0.2, 0.25) is 0 Å². The van der Waals surface area contributed by atoms with E-state index in [0.717, 1.165) is 0 Å². The number of nitrogens with one attached hydrogen (secondary N) is 1. The monoisotopic (exact) mass is 330 g/mol. The maximum atomic E-state index is 12.6. The van der Waals surface area contributed by atoms with Crippen LogP contribution in [-0.4, -0.2) is 17.5 Å². The van der Waals surface area contributed by atoms with Gasteiger partial charge in [-0.2, -0.15) is 13.2 Å². The number of carbonyl (C=O) groups is 1. The third-order valence-corrected chi connectivity index (χ3v) is 3.87. The summed E-state index contributed by atoms with van der Waals surface area (Å²) in [4.78, 5) is 15.4. The van der Waals surface area contributed by atoms with Crippen molar-refractivity contribution in [2.45, 2.75) is 20.0 Å². The summed E-state index contributed by atoms with van der Waals surface area (Å²) >= 11 is 0.332. The minimum absolute atomic E-state index is 0.0544. The molecule has 0 aliphatic heterocycles. The smallest absolute Gasteiger partial charge is 0.443 e. The first-order valence-electron chi connectivity index (χ1n) is 6.40. The molecule has 0 spiro atoms. The van der Waals surface area contributed by atoms with E-state index in [0.29, 0.717) is 29.4 Å². The highest BCUT2D eigenvalue weighted by Crippen LogP contribution is 2.34. The molecule has 8 heteroatoms. The number of thiazole rings is 1. The first-order chi connectivity index (χ1) is 10.3. The molecular formula is C14H13F3N2O2S. The molecule has 1 N–H and O–H groups in total.